The minimum atomic E-state index is 1.14. The van der Waals surface area contributed by atoms with E-state index in [0.29, 0.717) is 0 Å². The van der Waals surface area contributed by atoms with Gasteiger partial charge < -0.3 is 0 Å². The van der Waals surface area contributed by atoms with E-state index in [2.05, 4.69) is 449 Å². The molecular weight excluding hydrogens is 1420 g/mol. The number of allylic oxidation sites excluding steroid dienone is 1. The second kappa shape index (κ2) is 29.7. The first kappa shape index (κ1) is 69.6. The summed E-state index contributed by atoms with van der Waals surface area (Å²) in [4.78, 5) is 0. The lowest BCUT2D eigenvalue weighted by Crippen LogP contribution is -1.94. The molecule has 550 valence electrons. The number of benzene rings is 23. The molecule has 0 spiro atoms. The van der Waals surface area contributed by atoms with Gasteiger partial charge >= 0.3 is 0 Å². The lowest BCUT2D eigenvalue weighted by Gasteiger charge is -2.19. The van der Waals surface area contributed by atoms with Crippen molar-refractivity contribution in [3.63, 3.8) is 0 Å². The molecule has 0 unspecified atom stereocenters. The van der Waals surface area contributed by atoms with Crippen LogP contribution in [0.2, 0.25) is 0 Å². The summed E-state index contributed by atoms with van der Waals surface area (Å²) in [5, 5.41) is 30.8. The molecule has 0 bridgehead atoms. The Balaban J connectivity index is 0.000000107. The van der Waals surface area contributed by atoms with Crippen LogP contribution in [0.5, 0.6) is 0 Å². The van der Waals surface area contributed by atoms with Gasteiger partial charge in [-0.3, -0.25) is 0 Å². The number of hydrogen-bond donors (Lipinski definition) is 0. The molecule has 0 aliphatic heterocycles. The third-order valence-electron chi connectivity index (χ3n) is 24.7. The van der Waals surface area contributed by atoms with Crippen molar-refractivity contribution in [2.45, 2.75) is 12.8 Å². The van der Waals surface area contributed by atoms with Crippen LogP contribution in [-0.2, 0) is 6.42 Å². The smallest absolute Gasteiger partial charge is 0.00199 e. The van der Waals surface area contributed by atoms with Gasteiger partial charge in [-0.15, -0.1) is 0 Å². The normalized spacial score (nSPS) is 12.0. The second-order valence-electron chi connectivity index (χ2n) is 31.4. The van der Waals surface area contributed by atoms with Gasteiger partial charge in [-0.2, -0.15) is 0 Å². The second-order valence-corrected chi connectivity index (χ2v) is 31.4. The highest BCUT2D eigenvalue weighted by atomic mass is 14.3. The van der Waals surface area contributed by atoms with Crippen LogP contribution >= 0.6 is 0 Å². The summed E-state index contributed by atoms with van der Waals surface area (Å²) in [5.41, 5.74) is 23.2. The minimum absolute atomic E-state index is 1.14. The van der Waals surface area contributed by atoms with Gasteiger partial charge in [0, 0.05) is 0 Å². The Kier molecular flexibility index (Phi) is 17.5. The first-order valence-electron chi connectivity index (χ1n) is 41.2. The molecule has 23 aromatic carbocycles. The van der Waals surface area contributed by atoms with Crippen LogP contribution in [-0.4, -0.2) is 0 Å². The van der Waals surface area contributed by atoms with Crippen LogP contribution in [0.1, 0.15) is 17.5 Å². The molecule has 0 heteroatoms. The fourth-order valence-corrected chi connectivity index (χ4v) is 19.5. The molecular formula is C118H78. The van der Waals surface area contributed by atoms with Gasteiger partial charge in [-0.25, -0.2) is 0 Å². The van der Waals surface area contributed by atoms with E-state index in [0.717, 1.165) is 12.8 Å². The zero-order valence-electron chi connectivity index (χ0n) is 65.1. The lowest BCUT2D eigenvalue weighted by molar-refractivity contribution is 0.986. The van der Waals surface area contributed by atoms with Crippen LogP contribution in [0.3, 0.4) is 0 Å². The van der Waals surface area contributed by atoms with Crippen molar-refractivity contribution < 1.29 is 0 Å². The first-order chi connectivity index (χ1) is 58.6. The highest BCUT2D eigenvalue weighted by Gasteiger charge is 2.24. The summed E-state index contributed by atoms with van der Waals surface area (Å²) < 4.78 is 0. The number of hydrogen-bond acceptors (Lipinski definition) is 0. The zero-order valence-corrected chi connectivity index (χ0v) is 65.1. The Labute approximate surface area is 686 Å². The molecule has 118 heavy (non-hydrogen) atoms. The highest BCUT2D eigenvalue weighted by molar-refractivity contribution is 6.28. The maximum absolute atomic E-state index is 2.39. The predicted molar refractivity (Wildman–Crippen MR) is 510 cm³/mol. The SMILES string of the molecule is C1=Cc2cc(-c3cccc(-c4c5ccccc5c(-c5ccccc5)c5ccccc45)c3)ccc2CC1.c1cc(-c2c3ccccc3c(-c3cccc4ccccc34)c3ccccc23)cc(-c2cc3ccccc3c3ccccc23)c1.c1ccc2cc(-c3c4ccccc4c(-c4cc5ccccc5c5ccccc45)c4ccccc34)ccc2c1. The molecule has 0 fully saturated rings. The molecule has 1 aliphatic rings. The molecule has 0 heterocycles. The number of aryl methyl sites for hydroxylation is 1. The van der Waals surface area contributed by atoms with Crippen LogP contribution in [0, 0.1) is 0 Å². The van der Waals surface area contributed by atoms with Gasteiger partial charge in [-0.05, 0) is 279 Å². The molecule has 0 N–H and O–H groups in total. The summed E-state index contributed by atoms with van der Waals surface area (Å²) in [6.45, 7) is 0. The topological polar surface area (TPSA) is 0 Å². The molecule has 0 aromatic heterocycles. The van der Waals surface area contributed by atoms with E-state index >= 15 is 0 Å². The van der Waals surface area contributed by atoms with Crippen molar-refractivity contribution in [3.05, 3.63) is 454 Å². The number of fused-ring (bicyclic) bond motifs is 15. The standard InChI is InChI=1S/C44H28.C38H24.C36H26/c1-3-18-33-29(13-1)15-12-26-37(33)44-40-24-9-7-22-38(40)43(39-23-8-10-25-41(39)44)32-17-11-16-30(27-32)42-28-31-14-2-4-19-34(31)35-20-5-6-21-36(35)42;1-2-12-26-23-28(22-21-25(26)11-1)37-32-17-7-9-19-34(32)38(35-20-10-8-18-33(35)37)36-24-27-13-3-4-14-29(27)30-15-5-6-16-31(30)36;1-2-12-26(13-3-1)35-31-17-6-8-19-33(31)36(34-20-9-7-18-32(34)35)30-16-10-15-28(24-30)29-22-21-25-11-4-5-14-27(25)23-29/h1-28H;1-24H;1-3,5-10,12-24H,4,11H2. The Hall–Kier alpha value is -15.1. The van der Waals surface area contributed by atoms with Gasteiger partial charge in [0.1, 0.15) is 0 Å². The van der Waals surface area contributed by atoms with E-state index in [1.165, 1.54) is 229 Å². The average molecular weight is 1500 g/mol. The van der Waals surface area contributed by atoms with Gasteiger partial charge in [0.05, 0.1) is 0 Å². The minimum Gasteiger partial charge on any atom is -0.0836 e. The lowest BCUT2D eigenvalue weighted by atomic mass is 9.83. The van der Waals surface area contributed by atoms with Gasteiger partial charge in [0.15, 0.2) is 0 Å². The predicted octanol–water partition coefficient (Wildman–Crippen LogP) is 33.2. The molecule has 24 rings (SSSR count). The van der Waals surface area contributed by atoms with Crippen molar-refractivity contribution >= 4 is 135 Å². The quantitative estimate of drug-likeness (QED) is 0.105. The third kappa shape index (κ3) is 12.2. The van der Waals surface area contributed by atoms with E-state index < -0.39 is 0 Å². The summed E-state index contributed by atoms with van der Waals surface area (Å²) in [5.74, 6) is 0. The summed E-state index contributed by atoms with van der Waals surface area (Å²) in [7, 11) is 0. The summed E-state index contributed by atoms with van der Waals surface area (Å²) in [6.07, 6.45) is 6.84. The van der Waals surface area contributed by atoms with Gasteiger partial charge in [-0.1, -0.05) is 413 Å². The van der Waals surface area contributed by atoms with Gasteiger partial charge in [0.25, 0.3) is 0 Å². The third-order valence-corrected chi connectivity index (χ3v) is 24.7. The van der Waals surface area contributed by atoms with E-state index in [9.17, 15) is 0 Å². The zero-order chi connectivity index (χ0) is 78.0. The first-order valence-corrected chi connectivity index (χ1v) is 41.2. The van der Waals surface area contributed by atoms with Crippen molar-refractivity contribution in [2.75, 3.05) is 0 Å². The Morgan fingerprint density at radius 2 is 0.466 bits per heavy atom. The fourth-order valence-electron chi connectivity index (χ4n) is 19.5. The van der Waals surface area contributed by atoms with Crippen molar-refractivity contribution in [3.8, 4) is 89.0 Å². The molecule has 0 atom stereocenters. The fraction of sp³-hybridized carbons (Fsp3) is 0.0169. The largest absolute Gasteiger partial charge is 0.0836 e. The van der Waals surface area contributed by atoms with Crippen LogP contribution in [0.25, 0.3) is 224 Å². The molecule has 1 aliphatic carbocycles. The van der Waals surface area contributed by atoms with E-state index in [-0.39, 0.29) is 0 Å². The van der Waals surface area contributed by atoms with Crippen molar-refractivity contribution in [1.82, 2.24) is 0 Å². The van der Waals surface area contributed by atoms with Crippen LogP contribution in [0.4, 0.5) is 0 Å². The van der Waals surface area contributed by atoms with Gasteiger partial charge in [0.2, 0.25) is 0 Å². The monoisotopic (exact) mass is 1490 g/mol. The summed E-state index contributed by atoms with van der Waals surface area (Å²) >= 11 is 0. The average Bonchev–Trinajstić information content (AvgIpc) is 0.740. The molecule has 0 radical (unpaired) electrons. The summed E-state index contributed by atoms with van der Waals surface area (Å²) in [6, 6.07) is 160. The Morgan fingerprint density at radius 3 is 0.983 bits per heavy atom. The van der Waals surface area contributed by atoms with Crippen LogP contribution < -0.4 is 0 Å². The Bertz CT molecular complexity index is 7820. The van der Waals surface area contributed by atoms with Crippen LogP contribution in [0.15, 0.2) is 443 Å². The van der Waals surface area contributed by atoms with E-state index in [1.54, 1.807) is 0 Å². The van der Waals surface area contributed by atoms with Crippen molar-refractivity contribution in [2.24, 2.45) is 0 Å². The van der Waals surface area contributed by atoms with E-state index in [4.69, 9.17) is 0 Å². The van der Waals surface area contributed by atoms with Crippen molar-refractivity contribution in [1.29, 1.82) is 0 Å². The molecule has 0 saturated heterocycles. The molecule has 23 aromatic rings. The Morgan fingerprint density at radius 1 is 0.144 bits per heavy atom. The maximum Gasteiger partial charge on any atom is -0.00199 e. The molecule has 0 nitrogen and oxygen atoms in total. The maximum atomic E-state index is 2.39. The van der Waals surface area contributed by atoms with E-state index in [1.807, 2.05) is 0 Å². The molecule has 0 amide bonds. The molecule has 0 saturated carbocycles. The number of rotatable bonds is 8. The highest BCUT2D eigenvalue weighted by Crippen LogP contribution is 2.51.